The Morgan fingerprint density at radius 3 is 2.76 bits per heavy atom. The van der Waals surface area contributed by atoms with Gasteiger partial charge in [0.15, 0.2) is 0 Å². The number of carbonyl (C=O) groups is 1. The van der Waals surface area contributed by atoms with Crippen LogP contribution in [-0.2, 0) is 6.54 Å². The maximum absolute atomic E-state index is 11.1. The normalized spacial score (nSPS) is 15.3. The molecular weight excluding hydrogens is 386 g/mol. The third-order valence-corrected chi connectivity index (χ3v) is 6.01. The molecule has 0 spiro atoms. The van der Waals surface area contributed by atoms with Crippen LogP contribution in [0.25, 0.3) is 10.6 Å². The molecule has 8 heteroatoms. The molecule has 7 nitrogen and oxygen atoms in total. The van der Waals surface area contributed by atoms with Crippen molar-refractivity contribution in [2.24, 2.45) is 0 Å². The van der Waals surface area contributed by atoms with E-state index in [2.05, 4.69) is 44.3 Å². The molecule has 2 N–H and O–H groups in total. The molecular formula is C21H23N5O2S. The molecule has 0 unspecified atom stereocenters. The van der Waals surface area contributed by atoms with Gasteiger partial charge in [0, 0.05) is 44.6 Å². The van der Waals surface area contributed by atoms with Crippen LogP contribution in [0.1, 0.15) is 15.2 Å². The van der Waals surface area contributed by atoms with Crippen molar-refractivity contribution in [3.63, 3.8) is 0 Å². The van der Waals surface area contributed by atoms with E-state index < -0.39 is 5.97 Å². The lowest BCUT2D eigenvalue weighted by Crippen LogP contribution is -2.43. The van der Waals surface area contributed by atoms with Gasteiger partial charge in [-0.25, -0.2) is 14.8 Å². The zero-order valence-corrected chi connectivity index (χ0v) is 17.0. The molecule has 1 saturated heterocycles. The molecule has 0 bridgehead atoms. The summed E-state index contributed by atoms with van der Waals surface area (Å²) >= 11 is 1.20. The summed E-state index contributed by atoms with van der Waals surface area (Å²) in [5, 5.41) is 12.4. The van der Waals surface area contributed by atoms with Gasteiger partial charge in [0.2, 0.25) is 5.95 Å². The highest BCUT2D eigenvalue weighted by atomic mass is 32.1. The van der Waals surface area contributed by atoms with Gasteiger partial charge in [-0.3, -0.25) is 4.90 Å². The van der Waals surface area contributed by atoms with Crippen LogP contribution >= 0.6 is 11.3 Å². The number of likely N-dealkylation sites (N-methyl/N-ethyl adjacent to an activating group) is 1. The van der Waals surface area contributed by atoms with Crippen molar-refractivity contribution in [2.45, 2.75) is 6.54 Å². The molecule has 0 aliphatic carbocycles. The highest BCUT2D eigenvalue weighted by Gasteiger charge is 2.14. The van der Waals surface area contributed by atoms with E-state index in [-0.39, 0.29) is 0 Å². The van der Waals surface area contributed by atoms with Gasteiger partial charge < -0.3 is 15.3 Å². The lowest BCUT2D eigenvalue weighted by Gasteiger charge is -2.32. The van der Waals surface area contributed by atoms with E-state index in [0.29, 0.717) is 16.5 Å². The van der Waals surface area contributed by atoms with E-state index in [1.807, 2.05) is 12.1 Å². The summed E-state index contributed by atoms with van der Waals surface area (Å²) in [6.45, 7) is 5.30. The number of anilines is 2. The molecule has 1 fully saturated rings. The first kappa shape index (κ1) is 19.5. The number of piperazine rings is 1. The van der Waals surface area contributed by atoms with Crippen molar-refractivity contribution in [2.75, 3.05) is 38.5 Å². The Kier molecular flexibility index (Phi) is 5.84. The maximum atomic E-state index is 11.1. The Morgan fingerprint density at radius 2 is 2.00 bits per heavy atom. The zero-order chi connectivity index (χ0) is 20.2. The molecule has 4 rings (SSSR count). The standard InChI is InChI=1S/C21H23N5O2S/c1-25-9-11-26(12-10-25)14-15-3-2-4-16(13-15)23-21-22-8-7-17(24-21)18-5-6-19(29-18)20(27)28/h2-8,13H,9-12,14H2,1H3,(H,27,28)(H,22,23,24). The van der Waals surface area contributed by atoms with Gasteiger partial charge in [-0.1, -0.05) is 12.1 Å². The smallest absolute Gasteiger partial charge is 0.345 e. The fraction of sp³-hybridized carbons (Fsp3) is 0.286. The summed E-state index contributed by atoms with van der Waals surface area (Å²) in [5.41, 5.74) is 2.89. The zero-order valence-electron chi connectivity index (χ0n) is 16.2. The molecule has 0 saturated carbocycles. The molecule has 1 aliphatic rings. The first-order valence-electron chi connectivity index (χ1n) is 9.50. The Bertz CT molecular complexity index is 998. The fourth-order valence-corrected chi connectivity index (χ4v) is 4.10. The number of carboxylic acids is 1. The Labute approximate surface area is 173 Å². The average molecular weight is 410 g/mol. The van der Waals surface area contributed by atoms with E-state index in [0.717, 1.165) is 43.3 Å². The number of benzene rings is 1. The predicted octanol–water partition coefficient (Wildman–Crippen LogP) is 3.39. The molecule has 1 aromatic carbocycles. The van der Waals surface area contributed by atoms with Crippen molar-refractivity contribution in [3.8, 4) is 10.6 Å². The summed E-state index contributed by atoms with van der Waals surface area (Å²) in [4.78, 5) is 25.9. The molecule has 0 atom stereocenters. The maximum Gasteiger partial charge on any atom is 0.345 e. The van der Waals surface area contributed by atoms with E-state index in [9.17, 15) is 4.79 Å². The number of nitrogens with zero attached hydrogens (tertiary/aromatic N) is 4. The molecule has 2 aromatic heterocycles. The largest absolute Gasteiger partial charge is 0.477 e. The van der Waals surface area contributed by atoms with E-state index in [4.69, 9.17) is 5.11 Å². The molecule has 0 amide bonds. The minimum atomic E-state index is -0.925. The summed E-state index contributed by atoms with van der Waals surface area (Å²) in [7, 11) is 2.16. The summed E-state index contributed by atoms with van der Waals surface area (Å²) in [5.74, 6) is -0.435. The average Bonchev–Trinajstić information content (AvgIpc) is 3.21. The van der Waals surface area contributed by atoms with Crippen molar-refractivity contribution in [1.29, 1.82) is 0 Å². The van der Waals surface area contributed by atoms with Crippen LogP contribution in [0.4, 0.5) is 11.6 Å². The highest BCUT2D eigenvalue weighted by molar-refractivity contribution is 7.17. The minimum Gasteiger partial charge on any atom is -0.477 e. The number of hydrogen-bond acceptors (Lipinski definition) is 7. The lowest BCUT2D eigenvalue weighted by atomic mass is 10.1. The van der Waals surface area contributed by atoms with Gasteiger partial charge in [0.25, 0.3) is 0 Å². The second kappa shape index (κ2) is 8.69. The second-order valence-corrected chi connectivity index (χ2v) is 8.22. The van der Waals surface area contributed by atoms with E-state index in [1.54, 1.807) is 24.4 Å². The van der Waals surface area contributed by atoms with Crippen LogP contribution in [0, 0.1) is 0 Å². The Morgan fingerprint density at radius 1 is 1.17 bits per heavy atom. The molecule has 150 valence electrons. The van der Waals surface area contributed by atoms with Gasteiger partial charge >= 0.3 is 5.97 Å². The second-order valence-electron chi connectivity index (χ2n) is 7.14. The number of aromatic nitrogens is 2. The molecule has 29 heavy (non-hydrogen) atoms. The highest BCUT2D eigenvalue weighted by Crippen LogP contribution is 2.27. The molecule has 3 aromatic rings. The molecule has 0 radical (unpaired) electrons. The predicted molar refractivity (Wildman–Crippen MR) is 115 cm³/mol. The summed E-state index contributed by atoms with van der Waals surface area (Å²) < 4.78 is 0. The Hall–Kier alpha value is -2.81. The van der Waals surface area contributed by atoms with Gasteiger partial charge in [0.1, 0.15) is 4.88 Å². The van der Waals surface area contributed by atoms with Crippen molar-refractivity contribution in [3.05, 3.63) is 59.1 Å². The number of carboxylic acid groups (broad SMARTS) is 1. The van der Waals surface area contributed by atoms with Crippen LogP contribution in [0.2, 0.25) is 0 Å². The number of aromatic carboxylic acids is 1. The lowest BCUT2D eigenvalue weighted by molar-refractivity contribution is 0.0702. The third-order valence-electron chi connectivity index (χ3n) is 4.91. The third kappa shape index (κ3) is 4.97. The molecule has 1 aliphatic heterocycles. The van der Waals surface area contributed by atoms with E-state index in [1.165, 1.54) is 16.9 Å². The van der Waals surface area contributed by atoms with Gasteiger partial charge in [0.05, 0.1) is 10.6 Å². The summed E-state index contributed by atoms with van der Waals surface area (Å²) in [6.07, 6.45) is 1.68. The van der Waals surface area contributed by atoms with Gasteiger partial charge in [-0.05, 0) is 42.9 Å². The van der Waals surface area contributed by atoms with Crippen LogP contribution < -0.4 is 5.32 Å². The summed E-state index contributed by atoms with van der Waals surface area (Å²) in [6, 6.07) is 13.5. The van der Waals surface area contributed by atoms with Crippen LogP contribution in [-0.4, -0.2) is 64.1 Å². The van der Waals surface area contributed by atoms with Crippen molar-refractivity contribution < 1.29 is 9.90 Å². The quantitative estimate of drug-likeness (QED) is 0.646. The van der Waals surface area contributed by atoms with E-state index >= 15 is 0 Å². The molecule has 3 heterocycles. The number of nitrogens with one attached hydrogen (secondary N) is 1. The van der Waals surface area contributed by atoms with Gasteiger partial charge in [-0.2, -0.15) is 0 Å². The van der Waals surface area contributed by atoms with Gasteiger partial charge in [-0.15, -0.1) is 11.3 Å². The fourth-order valence-electron chi connectivity index (χ4n) is 3.29. The monoisotopic (exact) mass is 409 g/mol. The van der Waals surface area contributed by atoms with Crippen molar-refractivity contribution >= 4 is 28.9 Å². The number of thiophene rings is 1. The SMILES string of the molecule is CN1CCN(Cc2cccc(Nc3nccc(-c4ccc(C(=O)O)s4)n3)c2)CC1. The first-order valence-corrected chi connectivity index (χ1v) is 10.3. The van der Waals surface area contributed by atoms with Crippen LogP contribution in [0.5, 0.6) is 0 Å². The van der Waals surface area contributed by atoms with Crippen LogP contribution in [0.15, 0.2) is 48.7 Å². The minimum absolute atomic E-state index is 0.296. The number of rotatable bonds is 6. The van der Waals surface area contributed by atoms with Crippen molar-refractivity contribution in [1.82, 2.24) is 19.8 Å². The Balaban J connectivity index is 1.46. The van der Waals surface area contributed by atoms with Crippen LogP contribution in [0.3, 0.4) is 0 Å². The first-order chi connectivity index (χ1) is 14.1. The topological polar surface area (TPSA) is 81.6 Å². The number of hydrogen-bond donors (Lipinski definition) is 2.